The lowest BCUT2D eigenvalue weighted by molar-refractivity contribution is 0.176. The summed E-state index contributed by atoms with van der Waals surface area (Å²) in [6.07, 6.45) is 2.47. The smallest absolute Gasteiger partial charge is 0.191 e. The molecule has 2 nitrogen and oxygen atoms in total. The molecule has 0 aliphatic carbocycles. The van der Waals surface area contributed by atoms with Gasteiger partial charge in [0, 0.05) is 12.5 Å². The van der Waals surface area contributed by atoms with Gasteiger partial charge in [-0.25, -0.2) is 0 Å². The highest BCUT2D eigenvalue weighted by atomic mass is 28.4. The first-order valence-corrected chi connectivity index (χ1v) is 16.7. The molecule has 0 saturated heterocycles. The SMILES string of the molecule is C/C(=C\CCO[Si](C)(C)C(C)(C)C)[C@@H](O)[C@H](C)C#C[Si](C(C)C)(C(C)C)C(C)C. The van der Waals surface area contributed by atoms with Gasteiger partial charge in [0.15, 0.2) is 8.32 Å². The van der Waals surface area contributed by atoms with E-state index in [1.807, 2.05) is 6.92 Å². The lowest BCUT2D eigenvalue weighted by atomic mass is 9.98. The van der Waals surface area contributed by atoms with Gasteiger partial charge < -0.3 is 9.53 Å². The van der Waals surface area contributed by atoms with Gasteiger partial charge in [0.25, 0.3) is 0 Å². The van der Waals surface area contributed by atoms with Crippen LogP contribution >= 0.6 is 0 Å². The highest BCUT2D eigenvalue weighted by Crippen LogP contribution is 2.41. The molecule has 0 spiro atoms. The number of hydrogen-bond donors (Lipinski definition) is 1. The molecule has 0 aromatic carbocycles. The average Bonchev–Trinajstić information content (AvgIpc) is 2.56. The zero-order valence-corrected chi connectivity index (χ0v) is 23.7. The Morgan fingerprint density at radius 3 is 1.79 bits per heavy atom. The van der Waals surface area contributed by atoms with Gasteiger partial charge in [-0.3, -0.25) is 0 Å². The molecule has 0 saturated carbocycles. The van der Waals surface area contributed by atoms with Crippen LogP contribution in [0.15, 0.2) is 11.6 Å². The molecule has 0 bridgehead atoms. The van der Waals surface area contributed by atoms with Crippen LogP contribution in [0.4, 0.5) is 0 Å². The maximum atomic E-state index is 10.8. The maximum Gasteiger partial charge on any atom is 0.191 e. The van der Waals surface area contributed by atoms with Crippen molar-refractivity contribution >= 4 is 16.4 Å². The fourth-order valence-corrected chi connectivity index (χ4v) is 10.5. The molecule has 0 aliphatic rings. The molecular weight excluding hydrogens is 388 g/mol. The van der Waals surface area contributed by atoms with Gasteiger partial charge >= 0.3 is 0 Å². The van der Waals surface area contributed by atoms with E-state index >= 15 is 0 Å². The third-order valence-electron chi connectivity index (χ3n) is 7.18. The normalized spacial score (nSPS) is 16.2. The number of rotatable bonds is 9. The molecule has 0 aromatic rings. The minimum Gasteiger partial charge on any atom is -0.417 e. The quantitative estimate of drug-likeness (QED) is 0.174. The summed E-state index contributed by atoms with van der Waals surface area (Å²) in [5.74, 6) is 3.43. The van der Waals surface area contributed by atoms with Gasteiger partial charge in [-0.05, 0) is 60.6 Å². The van der Waals surface area contributed by atoms with Crippen LogP contribution in [-0.2, 0) is 4.43 Å². The first-order valence-electron chi connectivity index (χ1n) is 11.5. The molecule has 0 fully saturated rings. The van der Waals surface area contributed by atoms with Crippen LogP contribution < -0.4 is 0 Å². The molecule has 1 N–H and O–H groups in total. The second-order valence-electron chi connectivity index (χ2n) is 11.2. The van der Waals surface area contributed by atoms with E-state index in [1.54, 1.807) is 0 Å². The van der Waals surface area contributed by atoms with E-state index in [9.17, 15) is 5.11 Å². The van der Waals surface area contributed by atoms with Crippen molar-refractivity contribution in [2.45, 2.75) is 123 Å². The zero-order valence-electron chi connectivity index (χ0n) is 21.7. The standard InChI is InChI=1S/C25H50O2Si2/c1-19(2)29(20(3)4,21(5)6)18-16-23(8)24(26)22(7)15-14-17-27-28(12,13)25(9,10)11/h15,19-21,23-24,26H,14,17H2,1-13H3/b22-15+/t23-,24-/m1/s1. The van der Waals surface area contributed by atoms with Gasteiger partial charge in [-0.15, -0.1) is 11.5 Å². The Kier molecular flexibility index (Phi) is 11.2. The largest absolute Gasteiger partial charge is 0.417 e. The van der Waals surface area contributed by atoms with E-state index in [1.165, 1.54) is 0 Å². The molecule has 0 aromatic heterocycles. The van der Waals surface area contributed by atoms with E-state index in [0.29, 0.717) is 16.6 Å². The maximum absolute atomic E-state index is 10.8. The molecule has 29 heavy (non-hydrogen) atoms. The van der Waals surface area contributed by atoms with E-state index in [2.05, 4.69) is 99.9 Å². The minimum atomic E-state index is -1.75. The van der Waals surface area contributed by atoms with Crippen molar-refractivity contribution < 1.29 is 9.53 Å². The molecule has 0 rings (SSSR count). The van der Waals surface area contributed by atoms with Crippen molar-refractivity contribution in [1.29, 1.82) is 0 Å². The Labute approximate surface area is 185 Å². The van der Waals surface area contributed by atoms with Gasteiger partial charge in [-0.2, -0.15) is 0 Å². The van der Waals surface area contributed by atoms with Crippen molar-refractivity contribution in [2.75, 3.05) is 6.61 Å². The highest BCUT2D eigenvalue weighted by Gasteiger charge is 2.41. The van der Waals surface area contributed by atoms with Gasteiger partial charge in [0.2, 0.25) is 0 Å². The molecule has 4 heteroatoms. The van der Waals surface area contributed by atoms with Crippen LogP contribution in [-0.4, -0.2) is 34.2 Å². The van der Waals surface area contributed by atoms with Gasteiger partial charge in [-0.1, -0.05) is 68.4 Å². The number of aliphatic hydroxyl groups is 1. The second-order valence-corrected chi connectivity index (χ2v) is 21.6. The summed E-state index contributed by atoms with van der Waals surface area (Å²) in [4.78, 5) is 0. The van der Waals surface area contributed by atoms with Crippen molar-refractivity contribution in [2.24, 2.45) is 5.92 Å². The third kappa shape index (κ3) is 7.69. The summed E-state index contributed by atoms with van der Waals surface area (Å²) < 4.78 is 6.25. The Morgan fingerprint density at radius 1 is 0.966 bits per heavy atom. The second kappa shape index (κ2) is 11.3. The molecular formula is C25H50O2Si2. The van der Waals surface area contributed by atoms with E-state index in [0.717, 1.165) is 18.6 Å². The molecule has 0 unspecified atom stereocenters. The Balaban J connectivity index is 5.15. The summed E-state index contributed by atoms with van der Waals surface area (Å²) in [6, 6.07) is 0. The lowest BCUT2D eigenvalue weighted by Gasteiger charge is -2.38. The predicted molar refractivity (Wildman–Crippen MR) is 136 cm³/mol. The van der Waals surface area contributed by atoms with Crippen LogP contribution in [0.25, 0.3) is 0 Å². The Hall–Kier alpha value is -0.346. The lowest BCUT2D eigenvalue weighted by Crippen LogP contribution is -2.43. The predicted octanol–water partition coefficient (Wildman–Crippen LogP) is 7.56. The van der Waals surface area contributed by atoms with E-state index < -0.39 is 22.5 Å². The molecule has 0 heterocycles. The zero-order chi connectivity index (χ0) is 23.2. The topological polar surface area (TPSA) is 29.5 Å². The summed E-state index contributed by atoms with van der Waals surface area (Å²) >= 11 is 0. The first-order chi connectivity index (χ1) is 13.0. The van der Waals surface area contributed by atoms with Crippen LogP contribution in [0.1, 0.15) is 82.6 Å². The van der Waals surface area contributed by atoms with Crippen molar-refractivity contribution in [3.05, 3.63) is 11.6 Å². The van der Waals surface area contributed by atoms with Crippen molar-refractivity contribution in [3.63, 3.8) is 0 Å². The fraction of sp³-hybridized carbons (Fsp3) is 0.840. The Morgan fingerprint density at radius 2 is 1.41 bits per heavy atom. The van der Waals surface area contributed by atoms with Crippen molar-refractivity contribution in [3.8, 4) is 11.5 Å². The molecule has 0 aliphatic heterocycles. The molecule has 0 radical (unpaired) electrons. The fourth-order valence-electron chi connectivity index (χ4n) is 4.08. The van der Waals surface area contributed by atoms with Crippen LogP contribution in [0.3, 0.4) is 0 Å². The number of hydrogen-bond acceptors (Lipinski definition) is 2. The summed E-state index contributed by atoms with van der Waals surface area (Å²) in [5, 5.41) is 11.0. The molecule has 170 valence electrons. The first kappa shape index (κ1) is 28.7. The monoisotopic (exact) mass is 438 g/mol. The van der Waals surface area contributed by atoms with Crippen LogP contribution in [0, 0.1) is 17.4 Å². The summed E-state index contributed by atoms with van der Waals surface area (Å²) in [5.41, 5.74) is 6.61. The van der Waals surface area contributed by atoms with E-state index in [4.69, 9.17) is 4.43 Å². The Bertz CT molecular complexity index is 564. The van der Waals surface area contributed by atoms with Gasteiger partial charge in [0.05, 0.1) is 6.10 Å². The third-order valence-corrected chi connectivity index (χ3v) is 18.0. The van der Waals surface area contributed by atoms with Crippen molar-refractivity contribution in [1.82, 2.24) is 0 Å². The van der Waals surface area contributed by atoms with Gasteiger partial charge in [0.1, 0.15) is 8.07 Å². The highest BCUT2D eigenvalue weighted by molar-refractivity contribution is 6.90. The van der Waals surface area contributed by atoms with Crippen LogP contribution in [0.2, 0.25) is 34.8 Å². The molecule has 0 amide bonds. The van der Waals surface area contributed by atoms with Crippen LogP contribution in [0.5, 0.6) is 0 Å². The minimum absolute atomic E-state index is 0.0457. The summed E-state index contributed by atoms with van der Waals surface area (Å²) in [7, 11) is -3.45. The molecule has 2 atom stereocenters. The summed E-state index contributed by atoms with van der Waals surface area (Å²) in [6.45, 7) is 30.1. The average molecular weight is 439 g/mol. The number of aliphatic hydroxyl groups excluding tert-OH is 1. The van der Waals surface area contributed by atoms with E-state index in [-0.39, 0.29) is 11.0 Å².